The molecular formula is C20H18N2O5S. The topological polar surface area (TPSA) is 99.4 Å². The summed E-state index contributed by atoms with van der Waals surface area (Å²) in [6, 6.07) is 16.3. The fourth-order valence-corrected chi connectivity index (χ4v) is 3.46. The van der Waals surface area contributed by atoms with Gasteiger partial charge in [-0.25, -0.2) is 0 Å². The van der Waals surface area contributed by atoms with E-state index in [1.54, 1.807) is 36.5 Å². The van der Waals surface area contributed by atoms with Crippen LogP contribution in [0.5, 0.6) is 0 Å². The van der Waals surface area contributed by atoms with E-state index in [1.807, 2.05) is 13.0 Å². The van der Waals surface area contributed by atoms with Crippen LogP contribution in [-0.4, -0.2) is 24.9 Å². The van der Waals surface area contributed by atoms with Crippen LogP contribution in [0.3, 0.4) is 0 Å². The minimum atomic E-state index is -3.79. The molecule has 0 aliphatic carbocycles. The van der Waals surface area contributed by atoms with Gasteiger partial charge in [-0.05, 0) is 42.8 Å². The highest BCUT2D eigenvalue weighted by Crippen LogP contribution is 2.22. The Morgan fingerprint density at radius 2 is 1.61 bits per heavy atom. The van der Waals surface area contributed by atoms with E-state index in [1.165, 1.54) is 24.3 Å². The van der Waals surface area contributed by atoms with Gasteiger partial charge in [0.1, 0.15) is 0 Å². The quantitative estimate of drug-likeness (QED) is 0.340. The molecular weight excluding hydrogens is 380 g/mol. The van der Waals surface area contributed by atoms with Gasteiger partial charge in [0, 0.05) is 36.0 Å². The van der Waals surface area contributed by atoms with E-state index < -0.39 is 15.0 Å². The number of rotatable bonds is 7. The number of nitro groups is 1. The first kappa shape index (κ1) is 19.7. The molecule has 3 aromatic rings. The minimum absolute atomic E-state index is 0.0138. The van der Waals surface area contributed by atoms with Crippen LogP contribution in [-0.2, 0) is 20.7 Å². The second kappa shape index (κ2) is 8.28. The van der Waals surface area contributed by atoms with E-state index in [0.29, 0.717) is 12.1 Å². The van der Waals surface area contributed by atoms with Crippen LogP contribution in [0.2, 0.25) is 0 Å². The molecule has 0 fully saturated rings. The largest absolute Gasteiger partial charge is 0.296 e. The van der Waals surface area contributed by atoms with Crippen LogP contribution < -0.4 is 0 Å². The molecule has 0 aliphatic heterocycles. The van der Waals surface area contributed by atoms with Crippen molar-refractivity contribution < 1.29 is 17.5 Å². The molecule has 1 aromatic heterocycles. The van der Waals surface area contributed by atoms with E-state index in [0.717, 1.165) is 16.7 Å². The van der Waals surface area contributed by atoms with Gasteiger partial charge >= 0.3 is 0 Å². The third-order valence-electron chi connectivity index (χ3n) is 4.14. The van der Waals surface area contributed by atoms with Crippen molar-refractivity contribution in [2.45, 2.75) is 18.2 Å². The van der Waals surface area contributed by atoms with Gasteiger partial charge in [-0.2, -0.15) is 8.42 Å². The molecule has 0 aliphatic rings. The molecule has 0 saturated carbocycles. The Morgan fingerprint density at radius 3 is 2.18 bits per heavy atom. The molecule has 0 bridgehead atoms. The number of nitrogens with zero attached hydrogens (tertiary/aromatic N) is 2. The van der Waals surface area contributed by atoms with Crippen LogP contribution in [0.15, 0.2) is 71.8 Å². The maximum Gasteiger partial charge on any atom is 0.296 e. The number of aryl methyl sites for hydroxylation is 1. The average molecular weight is 398 g/mol. The van der Waals surface area contributed by atoms with Crippen molar-refractivity contribution in [1.29, 1.82) is 0 Å². The number of aromatic nitrogens is 1. The van der Waals surface area contributed by atoms with Gasteiger partial charge in [0.15, 0.2) is 0 Å². The van der Waals surface area contributed by atoms with Crippen molar-refractivity contribution in [3.8, 4) is 11.1 Å². The predicted molar refractivity (Wildman–Crippen MR) is 104 cm³/mol. The third kappa shape index (κ3) is 4.79. The van der Waals surface area contributed by atoms with Gasteiger partial charge < -0.3 is 0 Å². The van der Waals surface area contributed by atoms with Crippen molar-refractivity contribution >= 4 is 15.8 Å². The lowest BCUT2D eigenvalue weighted by atomic mass is 10.1. The summed E-state index contributed by atoms with van der Waals surface area (Å²) in [6.07, 6.45) is 1.98. The second-order valence-corrected chi connectivity index (χ2v) is 7.80. The van der Waals surface area contributed by atoms with E-state index in [4.69, 9.17) is 4.18 Å². The molecule has 0 spiro atoms. The number of hydrogen-bond donors (Lipinski definition) is 0. The Labute approximate surface area is 162 Å². The SMILES string of the molecule is Cc1ccc(S(=O)(=O)OCCc2ccc(-c3ccc([N+](=O)[O-])cc3)cn2)cc1. The van der Waals surface area contributed by atoms with Crippen LogP contribution in [0.1, 0.15) is 11.3 Å². The first-order chi connectivity index (χ1) is 13.3. The number of hydrogen-bond acceptors (Lipinski definition) is 6. The summed E-state index contributed by atoms with van der Waals surface area (Å²) >= 11 is 0. The Bertz CT molecular complexity index is 1060. The molecule has 28 heavy (non-hydrogen) atoms. The molecule has 0 amide bonds. The fraction of sp³-hybridized carbons (Fsp3) is 0.150. The summed E-state index contributed by atoms with van der Waals surface area (Å²) in [5.74, 6) is 0. The normalized spacial score (nSPS) is 11.3. The monoisotopic (exact) mass is 398 g/mol. The number of nitro benzene ring substituents is 1. The molecule has 0 radical (unpaired) electrons. The average Bonchev–Trinajstić information content (AvgIpc) is 2.69. The summed E-state index contributed by atoms with van der Waals surface area (Å²) in [6.45, 7) is 1.86. The van der Waals surface area contributed by atoms with Gasteiger partial charge in [0.2, 0.25) is 0 Å². The number of non-ortho nitro benzene ring substituents is 1. The number of pyridine rings is 1. The van der Waals surface area contributed by atoms with Gasteiger partial charge in [0.25, 0.3) is 15.8 Å². The summed E-state index contributed by atoms with van der Waals surface area (Å²) in [4.78, 5) is 14.7. The van der Waals surface area contributed by atoms with Crippen LogP contribution in [0, 0.1) is 17.0 Å². The summed E-state index contributed by atoms with van der Waals surface area (Å²) in [5.41, 5.74) is 3.30. The third-order valence-corrected chi connectivity index (χ3v) is 5.47. The zero-order chi connectivity index (χ0) is 20.1. The first-order valence-corrected chi connectivity index (χ1v) is 9.92. The summed E-state index contributed by atoms with van der Waals surface area (Å²) < 4.78 is 29.4. The van der Waals surface area contributed by atoms with Gasteiger partial charge in [-0.15, -0.1) is 0 Å². The molecule has 3 rings (SSSR count). The first-order valence-electron chi connectivity index (χ1n) is 8.51. The summed E-state index contributed by atoms with van der Waals surface area (Å²) in [5, 5.41) is 10.7. The second-order valence-electron chi connectivity index (χ2n) is 6.18. The zero-order valence-corrected chi connectivity index (χ0v) is 15.9. The van der Waals surface area contributed by atoms with E-state index >= 15 is 0 Å². The standard InChI is InChI=1S/C20H18N2O5S/c1-15-2-10-20(11-3-15)28(25,26)27-13-12-18-7-4-17(14-21-18)16-5-8-19(9-6-16)22(23)24/h2-11,14H,12-13H2,1H3. The molecule has 144 valence electrons. The Balaban J connectivity index is 1.60. The van der Waals surface area contributed by atoms with Gasteiger partial charge in [-0.1, -0.05) is 23.8 Å². The molecule has 0 atom stereocenters. The minimum Gasteiger partial charge on any atom is -0.266 e. The van der Waals surface area contributed by atoms with Crippen molar-refractivity contribution in [3.05, 3.63) is 88.2 Å². The van der Waals surface area contributed by atoms with E-state index in [-0.39, 0.29) is 17.2 Å². The van der Waals surface area contributed by atoms with Gasteiger partial charge in [0.05, 0.1) is 16.4 Å². The van der Waals surface area contributed by atoms with Crippen molar-refractivity contribution in [2.75, 3.05) is 6.61 Å². The molecule has 0 saturated heterocycles. The predicted octanol–water partition coefficient (Wildman–Crippen LogP) is 3.91. The lowest BCUT2D eigenvalue weighted by Gasteiger charge is -2.07. The fourth-order valence-electron chi connectivity index (χ4n) is 2.55. The van der Waals surface area contributed by atoms with Gasteiger partial charge in [-0.3, -0.25) is 19.3 Å². The maximum atomic E-state index is 12.2. The molecule has 2 aromatic carbocycles. The lowest BCUT2D eigenvalue weighted by molar-refractivity contribution is -0.384. The summed E-state index contributed by atoms with van der Waals surface area (Å²) in [7, 11) is -3.79. The Hall–Kier alpha value is -3.10. The van der Waals surface area contributed by atoms with E-state index in [2.05, 4.69) is 4.98 Å². The maximum absolute atomic E-state index is 12.2. The molecule has 1 heterocycles. The zero-order valence-electron chi connectivity index (χ0n) is 15.1. The molecule has 7 nitrogen and oxygen atoms in total. The van der Waals surface area contributed by atoms with Crippen LogP contribution >= 0.6 is 0 Å². The Kier molecular flexibility index (Phi) is 5.81. The highest BCUT2D eigenvalue weighted by Gasteiger charge is 2.14. The number of benzene rings is 2. The van der Waals surface area contributed by atoms with E-state index in [9.17, 15) is 18.5 Å². The smallest absolute Gasteiger partial charge is 0.266 e. The lowest BCUT2D eigenvalue weighted by Crippen LogP contribution is -2.09. The highest BCUT2D eigenvalue weighted by molar-refractivity contribution is 7.86. The van der Waals surface area contributed by atoms with Crippen LogP contribution in [0.4, 0.5) is 5.69 Å². The molecule has 0 unspecified atom stereocenters. The van der Waals surface area contributed by atoms with Crippen molar-refractivity contribution in [3.63, 3.8) is 0 Å². The van der Waals surface area contributed by atoms with Crippen molar-refractivity contribution in [2.24, 2.45) is 0 Å². The Morgan fingerprint density at radius 1 is 0.964 bits per heavy atom. The van der Waals surface area contributed by atoms with Crippen molar-refractivity contribution in [1.82, 2.24) is 4.98 Å². The highest BCUT2D eigenvalue weighted by atomic mass is 32.2. The molecule has 8 heteroatoms. The molecule has 0 N–H and O–H groups in total. The van der Waals surface area contributed by atoms with Crippen LogP contribution in [0.25, 0.3) is 11.1 Å².